The van der Waals surface area contributed by atoms with E-state index < -0.39 is 5.72 Å². The first-order valence-corrected chi connectivity index (χ1v) is 9.60. The zero-order valence-electron chi connectivity index (χ0n) is 15.8. The molecule has 2 aromatic rings. The monoisotopic (exact) mass is 384 g/mol. The molecule has 2 bridgehead atoms. The third-order valence-electron chi connectivity index (χ3n) is 5.20. The van der Waals surface area contributed by atoms with Gasteiger partial charge in [0.15, 0.2) is 22.3 Å². The highest BCUT2D eigenvalue weighted by Gasteiger charge is 2.48. The fraction of sp³-hybridized carbons (Fsp3) is 0.381. The summed E-state index contributed by atoms with van der Waals surface area (Å²) in [7, 11) is 1.67. The van der Waals surface area contributed by atoms with Crippen molar-refractivity contribution in [1.82, 2.24) is 10.2 Å². The van der Waals surface area contributed by atoms with E-state index in [9.17, 15) is 0 Å². The highest BCUT2D eigenvalue weighted by Crippen LogP contribution is 2.48. The van der Waals surface area contributed by atoms with Gasteiger partial charge in [0.05, 0.1) is 19.8 Å². The summed E-state index contributed by atoms with van der Waals surface area (Å²) in [4.78, 5) is 2.12. The fourth-order valence-corrected chi connectivity index (χ4v) is 4.22. The van der Waals surface area contributed by atoms with Crippen LogP contribution in [0.2, 0.25) is 0 Å². The number of nitrogens with zero attached hydrogens (tertiary/aromatic N) is 1. The summed E-state index contributed by atoms with van der Waals surface area (Å²) in [6, 6.07) is 14.2. The molecule has 0 aliphatic carbocycles. The van der Waals surface area contributed by atoms with E-state index in [0.717, 1.165) is 34.8 Å². The van der Waals surface area contributed by atoms with Gasteiger partial charge in [0.25, 0.3) is 0 Å². The number of fused-ring (bicyclic) bond motifs is 4. The SMILES string of the molecule is CCOc1cccc2c1O[C@@]1(C)C[C@H]2NC(=S)N1Cc1ccc(OC)cc1. The van der Waals surface area contributed by atoms with Crippen molar-refractivity contribution in [2.24, 2.45) is 0 Å². The Kier molecular flexibility index (Phi) is 4.60. The predicted octanol–water partition coefficient (Wildman–Crippen LogP) is 4.02. The Labute approximate surface area is 165 Å². The molecule has 0 unspecified atom stereocenters. The van der Waals surface area contributed by atoms with Crippen molar-refractivity contribution in [3.05, 3.63) is 53.6 Å². The van der Waals surface area contributed by atoms with Gasteiger partial charge < -0.3 is 24.4 Å². The van der Waals surface area contributed by atoms with E-state index in [2.05, 4.69) is 35.3 Å². The number of para-hydroxylation sites is 1. The molecule has 27 heavy (non-hydrogen) atoms. The van der Waals surface area contributed by atoms with Crippen LogP contribution in [0.15, 0.2) is 42.5 Å². The minimum atomic E-state index is -0.535. The average molecular weight is 385 g/mol. The van der Waals surface area contributed by atoms with Crippen molar-refractivity contribution in [3.63, 3.8) is 0 Å². The van der Waals surface area contributed by atoms with E-state index in [4.69, 9.17) is 26.4 Å². The van der Waals surface area contributed by atoms with Crippen LogP contribution < -0.4 is 19.5 Å². The first-order valence-electron chi connectivity index (χ1n) is 9.20. The maximum absolute atomic E-state index is 6.52. The van der Waals surface area contributed by atoms with Crippen LogP contribution in [0.25, 0.3) is 0 Å². The van der Waals surface area contributed by atoms with E-state index >= 15 is 0 Å². The van der Waals surface area contributed by atoms with Gasteiger partial charge in [-0.3, -0.25) is 0 Å². The maximum Gasteiger partial charge on any atom is 0.184 e. The molecule has 2 aliphatic rings. The molecule has 0 amide bonds. The molecule has 2 heterocycles. The summed E-state index contributed by atoms with van der Waals surface area (Å²) in [6.45, 7) is 5.34. The highest BCUT2D eigenvalue weighted by atomic mass is 32.1. The third kappa shape index (κ3) is 3.18. The molecule has 1 fully saturated rings. The maximum atomic E-state index is 6.52. The summed E-state index contributed by atoms with van der Waals surface area (Å²) >= 11 is 5.69. The minimum Gasteiger partial charge on any atom is -0.497 e. The number of ether oxygens (including phenoxy) is 3. The van der Waals surface area contributed by atoms with Gasteiger partial charge in [0.2, 0.25) is 0 Å². The second kappa shape index (κ2) is 6.93. The fourth-order valence-electron chi connectivity index (χ4n) is 3.82. The molecule has 6 heteroatoms. The standard InChI is InChI=1S/C21H24N2O3S/c1-4-25-18-7-5-6-16-17-12-21(2,26-19(16)18)23(20(27)22-17)13-14-8-10-15(24-3)11-9-14/h5-11,17H,4,12-13H2,1-3H3,(H,22,27)/t17-,21+/m1/s1. The van der Waals surface area contributed by atoms with Gasteiger partial charge in [0, 0.05) is 18.5 Å². The molecular formula is C21H24N2O3S. The largest absolute Gasteiger partial charge is 0.497 e. The van der Waals surface area contributed by atoms with Crippen LogP contribution >= 0.6 is 12.2 Å². The Morgan fingerprint density at radius 3 is 2.74 bits per heavy atom. The van der Waals surface area contributed by atoms with Crippen LogP contribution in [0.5, 0.6) is 17.2 Å². The molecule has 1 saturated heterocycles. The summed E-state index contributed by atoms with van der Waals surface area (Å²) in [5.74, 6) is 2.44. The van der Waals surface area contributed by atoms with Gasteiger partial charge in [-0.15, -0.1) is 0 Å². The number of hydrogen-bond acceptors (Lipinski definition) is 4. The van der Waals surface area contributed by atoms with Crippen molar-refractivity contribution < 1.29 is 14.2 Å². The van der Waals surface area contributed by atoms with Crippen molar-refractivity contribution in [2.75, 3.05) is 13.7 Å². The van der Waals surface area contributed by atoms with Gasteiger partial charge in [-0.2, -0.15) is 0 Å². The lowest BCUT2D eigenvalue weighted by molar-refractivity contribution is -0.0738. The Bertz CT molecular complexity index is 855. The Balaban J connectivity index is 1.66. The molecule has 0 aromatic heterocycles. The first kappa shape index (κ1) is 17.9. The third-order valence-corrected chi connectivity index (χ3v) is 5.54. The van der Waals surface area contributed by atoms with Gasteiger partial charge in [0.1, 0.15) is 5.75 Å². The number of benzene rings is 2. The molecule has 4 rings (SSSR count). The zero-order chi connectivity index (χ0) is 19.0. The average Bonchev–Trinajstić information content (AvgIpc) is 2.66. The number of hydrogen-bond donors (Lipinski definition) is 1. The molecule has 1 N–H and O–H groups in total. The highest BCUT2D eigenvalue weighted by molar-refractivity contribution is 7.80. The van der Waals surface area contributed by atoms with E-state index in [0.29, 0.717) is 18.3 Å². The van der Waals surface area contributed by atoms with Gasteiger partial charge >= 0.3 is 0 Å². The molecular weight excluding hydrogens is 360 g/mol. The number of methoxy groups -OCH3 is 1. The lowest BCUT2D eigenvalue weighted by Crippen LogP contribution is -2.64. The number of rotatable bonds is 5. The summed E-state index contributed by atoms with van der Waals surface area (Å²) in [5, 5.41) is 4.19. The van der Waals surface area contributed by atoms with E-state index in [1.165, 1.54) is 0 Å². The topological polar surface area (TPSA) is 43.0 Å². The lowest BCUT2D eigenvalue weighted by atomic mass is 9.90. The molecule has 2 atom stereocenters. The predicted molar refractivity (Wildman–Crippen MR) is 108 cm³/mol. The van der Waals surface area contributed by atoms with Crippen molar-refractivity contribution in [2.45, 2.75) is 38.6 Å². The summed E-state index contributed by atoms with van der Waals surface area (Å²) < 4.78 is 17.6. The zero-order valence-corrected chi connectivity index (χ0v) is 16.6. The molecule has 2 aliphatic heterocycles. The van der Waals surface area contributed by atoms with Crippen LogP contribution in [0.3, 0.4) is 0 Å². The first-order chi connectivity index (χ1) is 13.0. The van der Waals surface area contributed by atoms with Gasteiger partial charge in [-0.1, -0.05) is 24.3 Å². The molecule has 0 spiro atoms. The van der Waals surface area contributed by atoms with Crippen molar-refractivity contribution in [1.29, 1.82) is 0 Å². The summed E-state index contributed by atoms with van der Waals surface area (Å²) in [6.07, 6.45) is 0.811. The van der Waals surface area contributed by atoms with E-state index in [-0.39, 0.29) is 6.04 Å². The van der Waals surface area contributed by atoms with Gasteiger partial charge in [-0.05, 0) is 49.8 Å². The Hall–Kier alpha value is -2.47. The quantitative estimate of drug-likeness (QED) is 0.786. The second-order valence-corrected chi connectivity index (χ2v) is 7.41. The Morgan fingerprint density at radius 2 is 2.04 bits per heavy atom. The normalized spacial score (nSPS) is 23.1. The van der Waals surface area contributed by atoms with Crippen LogP contribution in [0.1, 0.15) is 37.4 Å². The minimum absolute atomic E-state index is 0.124. The van der Waals surface area contributed by atoms with Crippen LogP contribution in [-0.4, -0.2) is 29.5 Å². The number of thiocarbonyl (C=S) groups is 1. The molecule has 142 valence electrons. The lowest BCUT2D eigenvalue weighted by Gasteiger charge is -2.52. The molecule has 2 aromatic carbocycles. The smallest absolute Gasteiger partial charge is 0.184 e. The van der Waals surface area contributed by atoms with E-state index in [1.54, 1.807) is 7.11 Å². The molecule has 0 saturated carbocycles. The Morgan fingerprint density at radius 1 is 1.26 bits per heavy atom. The van der Waals surface area contributed by atoms with Gasteiger partial charge in [-0.25, -0.2) is 0 Å². The molecule has 5 nitrogen and oxygen atoms in total. The number of nitrogens with one attached hydrogen (secondary N) is 1. The van der Waals surface area contributed by atoms with Crippen LogP contribution in [0.4, 0.5) is 0 Å². The van der Waals surface area contributed by atoms with E-state index in [1.807, 2.05) is 31.2 Å². The van der Waals surface area contributed by atoms with Crippen LogP contribution in [-0.2, 0) is 6.54 Å². The summed E-state index contributed by atoms with van der Waals surface area (Å²) in [5.41, 5.74) is 1.71. The second-order valence-electron chi connectivity index (χ2n) is 7.03. The van der Waals surface area contributed by atoms with Crippen molar-refractivity contribution in [3.8, 4) is 17.2 Å². The van der Waals surface area contributed by atoms with Crippen molar-refractivity contribution >= 4 is 17.3 Å². The molecule has 0 radical (unpaired) electrons. The van der Waals surface area contributed by atoms with Crippen LogP contribution in [0, 0.1) is 0 Å².